The maximum atomic E-state index is 2.48. The van der Waals surface area contributed by atoms with Crippen LogP contribution in [0.15, 0.2) is 255 Å². The van der Waals surface area contributed by atoms with E-state index in [1.54, 1.807) is 0 Å². The molecular weight excluding hydrogens is 1070 g/mol. The second-order valence-corrected chi connectivity index (χ2v) is 26.5. The largest absolute Gasteiger partial charge is 0.310 e. The van der Waals surface area contributed by atoms with Crippen molar-refractivity contribution in [1.82, 2.24) is 0 Å². The molecule has 0 bridgehead atoms. The molecule has 0 heterocycles. The van der Waals surface area contributed by atoms with Crippen molar-refractivity contribution < 1.29 is 0 Å². The first-order valence-corrected chi connectivity index (χ1v) is 31.5. The summed E-state index contributed by atoms with van der Waals surface area (Å²) in [4.78, 5) is 4.78. The van der Waals surface area contributed by atoms with Gasteiger partial charge < -0.3 is 9.80 Å². The molecule has 0 aliphatic heterocycles. The molecule has 2 nitrogen and oxygen atoms in total. The third kappa shape index (κ3) is 8.59. The highest BCUT2D eigenvalue weighted by molar-refractivity contribution is 5.97. The van der Waals surface area contributed by atoms with E-state index >= 15 is 0 Å². The first kappa shape index (κ1) is 54.1. The lowest BCUT2D eigenvalue weighted by Gasteiger charge is -2.30. The SMILES string of the molecule is Cc1ccc(N(c2ccc(C)cc2)c2ccc3c(c2)C(C)(C)c2cc(/C=C/c4ccc5c(c4)C4(c6ccccc6-c6ccccc64)c4cc(/C=C/c6ccc7c(c6)C(C)(C)c6cc(N(c8ccc(C)cc8)c8ccc(C)cc8)ccc6-7)ccc4-5)ccc2-3)cc1. The predicted molar refractivity (Wildman–Crippen MR) is 377 cm³/mol. The lowest BCUT2D eigenvalue weighted by Crippen LogP contribution is -2.26. The molecule has 12 aromatic rings. The molecule has 0 unspecified atom stereocenters. The van der Waals surface area contributed by atoms with Crippen LogP contribution >= 0.6 is 0 Å². The third-order valence-corrected chi connectivity index (χ3v) is 20.1. The summed E-state index contributed by atoms with van der Waals surface area (Å²) in [5, 5.41) is 0. The minimum absolute atomic E-state index is 0.205. The van der Waals surface area contributed by atoms with Crippen LogP contribution in [-0.4, -0.2) is 0 Å². The molecule has 89 heavy (non-hydrogen) atoms. The van der Waals surface area contributed by atoms with Gasteiger partial charge >= 0.3 is 0 Å². The maximum Gasteiger partial charge on any atom is 0.0725 e. The molecule has 4 aliphatic rings. The van der Waals surface area contributed by atoms with Crippen LogP contribution < -0.4 is 9.80 Å². The van der Waals surface area contributed by atoms with Crippen LogP contribution in [-0.2, 0) is 16.2 Å². The lowest BCUT2D eigenvalue weighted by molar-refractivity contribution is 0.660. The van der Waals surface area contributed by atoms with Gasteiger partial charge in [-0.1, -0.05) is 244 Å². The Hall–Kier alpha value is -10.3. The molecule has 0 N–H and O–H groups in total. The van der Waals surface area contributed by atoms with E-state index in [-0.39, 0.29) is 10.8 Å². The zero-order chi connectivity index (χ0) is 60.5. The van der Waals surface area contributed by atoms with E-state index in [0.717, 1.165) is 34.1 Å². The van der Waals surface area contributed by atoms with Crippen molar-refractivity contribution >= 4 is 58.4 Å². The highest BCUT2D eigenvalue weighted by Gasteiger charge is 2.52. The van der Waals surface area contributed by atoms with E-state index in [9.17, 15) is 0 Å². The predicted octanol–water partition coefficient (Wildman–Crippen LogP) is 23.2. The summed E-state index contributed by atoms with van der Waals surface area (Å²) < 4.78 is 0. The standard InChI is InChI=1S/C87H70N2/c1-55-17-33-63(34-18-55)88(64-35-19-56(2)20-36-64)67-41-47-73-71-43-29-59(49-79(71)85(5,6)81(73)53-67)25-27-61-31-45-75-76-46-32-62(52-84(76)87(83(75)51-61)77-15-11-9-13-69(77)70-14-10-12-16-78(70)87)28-26-60-30-44-72-74-48-42-68(54-82(74)86(7,8)80(72)50-60)89(65-37-21-57(3)22-38-65)66-39-23-58(4)24-40-66/h9-54H,1-8H3/b27-25+,28-26+. The number of anilines is 6. The number of rotatable bonds is 10. The van der Waals surface area contributed by atoms with Gasteiger partial charge in [-0.3, -0.25) is 0 Å². The van der Waals surface area contributed by atoms with Crippen LogP contribution in [0.4, 0.5) is 34.1 Å². The Morgan fingerprint density at radius 1 is 0.225 bits per heavy atom. The summed E-state index contributed by atoms with van der Waals surface area (Å²) in [5.74, 6) is 0. The summed E-state index contributed by atoms with van der Waals surface area (Å²) >= 11 is 0. The van der Waals surface area contributed by atoms with Gasteiger partial charge in [-0.25, -0.2) is 0 Å². The van der Waals surface area contributed by atoms with Crippen LogP contribution in [0.3, 0.4) is 0 Å². The topological polar surface area (TPSA) is 6.48 Å². The Balaban J connectivity index is 0.717. The van der Waals surface area contributed by atoms with Crippen molar-refractivity contribution in [2.75, 3.05) is 9.80 Å². The molecule has 4 aliphatic carbocycles. The third-order valence-electron chi connectivity index (χ3n) is 20.1. The Morgan fingerprint density at radius 3 is 0.775 bits per heavy atom. The molecule has 428 valence electrons. The zero-order valence-corrected chi connectivity index (χ0v) is 52.0. The number of fused-ring (bicyclic) bond motifs is 16. The second-order valence-electron chi connectivity index (χ2n) is 26.5. The Bertz CT molecular complexity index is 4510. The normalized spacial score (nSPS) is 14.5. The maximum absolute atomic E-state index is 2.48. The van der Waals surface area contributed by atoms with Crippen molar-refractivity contribution in [3.63, 3.8) is 0 Å². The fourth-order valence-electron chi connectivity index (χ4n) is 15.4. The van der Waals surface area contributed by atoms with Crippen molar-refractivity contribution in [3.8, 4) is 44.5 Å². The molecule has 0 radical (unpaired) electrons. The molecule has 0 atom stereocenters. The lowest BCUT2D eigenvalue weighted by atomic mass is 9.70. The number of nitrogens with zero attached hydrogens (tertiary/aromatic N) is 2. The van der Waals surface area contributed by atoms with Gasteiger partial charge in [-0.15, -0.1) is 0 Å². The molecule has 0 fully saturated rings. The quantitative estimate of drug-likeness (QED) is 0.126. The van der Waals surface area contributed by atoms with Crippen molar-refractivity contribution in [1.29, 1.82) is 0 Å². The fraction of sp³-hybridized carbons (Fsp3) is 0.126. The van der Waals surface area contributed by atoms with Crippen LogP contribution in [0.1, 0.15) is 117 Å². The fourth-order valence-corrected chi connectivity index (χ4v) is 15.4. The molecule has 12 aromatic carbocycles. The minimum Gasteiger partial charge on any atom is -0.310 e. The van der Waals surface area contributed by atoms with E-state index in [1.807, 2.05) is 0 Å². The van der Waals surface area contributed by atoms with Gasteiger partial charge in [-0.2, -0.15) is 0 Å². The van der Waals surface area contributed by atoms with Crippen molar-refractivity contribution in [2.45, 2.75) is 71.6 Å². The van der Waals surface area contributed by atoms with Gasteiger partial charge in [0, 0.05) is 45.0 Å². The molecule has 0 amide bonds. The number of hydrogen-bond donors (Lipinski definition) is 0. The van der Waals surface area contributed by atoms with E-state index < -0.39 is 5.41 Å². The summed E-state index contributed by atoms with van der Waals surface area (Å²) in [6.45, 7) is 18.2. The van der Waals surface area contributed by atoms with E-state index in [2.05, 4.69) is 344 Å². The van der Waals surface area contributed by atoms with Gasteiger partial charge in [0.2, 0.25) is 0 Å². The molecular formula is C87H70N2. The molecule has 0 aromatic heterocycles. The van der Waals surface area contributed by atoms with Crippen LogP contribution in [0.5, 0.6) is 0 Å². The summed E-state index contributed by atoms with van der Waals surface area (Å²) in [5.41, 5.74) is 37.0. The average Bonchev–Trinajstić information content (AvgIpc) is 1.52. The Labute approximate surface area is 525 Å². The van der Waals surface area contributed by atoms with Crippen molar-refractivity contribution in [2.24, 2.45) is 0 Å². The van der Waals surface area contributed by atoms with Crippen LogP contribution in [0, 0.1) is 27.7 Å². The molecule has 16 rings (SSSR count). The van der Waals surface area contributed by atoms with Gasteiger partial charge in [-0.05, 0) is 224 Å². The van der Waals surface area contributed by atoms with Gasteiger partial charge in [0.1, 0.15) is 0 Å². The van der Waals surface area contributed by atoms with E-state index in [4.69, 9.17) is 0 Å². The average molecular weight is 1140 g/mol. The van der Waals surface area contributed by atoms with Gasteiger partial charge in [0.25, 0.3) is 0 Å². The smallest absolute Gasteiger partial charge is 0.0725 e. The zero-order valence-electron chi connectivity index (χ0n) is 52.0. The molecule has 0 saturated carbocycles. The van der Waals surface area contributed by atoms with E-state index in [0.29, 0.717) is 0 Å². The molecule has 2 heteroatoms. The van der Waals surface area contributed by atoms with E-state index in [1.165, 1.54) is 134 Å². The summed E-state index contributed by atoms with van der Waals surface area (Å²) in [7, 11) is 0. The van der Waals surface area contributed by atoms with Crippen LogP contribution in [0.25, 0.3) is 68.8 Å². The molecule has 1 spiro atoms. The highest BCUT2D eigenvalue weighted by atomic mass is 15.1. The number of benzene rings is 12. The summed E-state index contributed by atoms with van der Waals surface area (Å²) in [6, 6.07) is 96.5. The van der Waals surface area contributed by atoms with Gasteiger partial charge in [0.05, 0.1) is 5.41 Å². The number of hydrogen-bond acceptors (Lipinski definition) is 2. The molecule has 0 saturated heterocycles. The highest BCUT2D eigenvalue weighted by Crippen LogP contribution is 2.63. The first-order chi connectivity index (χ1) is 43.2. The second kappa shape index (κ2) is 20.4. The monoisotopic (exact) mass is 1140 g/mol. The summed E-state index contributed by atoms with van der Waals surface area (Å²) in [6.07, 6.45) is 9.29. The number of aryl methyl sites for hydroxylation is 4. The Kier molecular flexibility index (Phi) is 12.4. The minimum atomic E-state index is -0.487. The van der Waals surface area contributed by atoms with Gasteiger partial charge in [0.15, 0.2) is 0 Å². The van der Waals surface area contributed by atoms with Crippen LogP contribution in [0.2, 0.25) is 0 Å². The first-order valence-electron chi connectivity index (χ1n) is 31.5. The Morgan fingerprint density at radius 2 is 0.461 bits per heavy atom. The van der Waals surface area contributed by atoms with Crippen molar-refractivity contribution in [3.05, 3.63) is 344 Å².